The Hall–Kier alpha value is -2.29. The number of nitrogens with zero attached hydrogens (tertiary/aromatic N) is 5. The van der Waals surface area contributed by atoms with Gasteiger partial charge in [0, 0.05) is 37.4 Å². The molecule has 27 heavy (non-hydrogen) atoms. The summed E-state index contributed by atoms with van der Waals surface area (Å²) in [4.78, 5) is 31.1. The highest BCUT2D eigenvalue weighted by Crippen LogP contribution is 2.33. The molecule has 1 aliphatic rings. The van der Waals surface area contributed by atoms with Crippen LogP contribution in [0.5, 0.6) is 0 Å². The largest absolute Gasteiger partial charge is 0.378 e. The molecule has 140 valence electrons. The second kappa shape index (κ2) is 7.75. The fourth-order valence-electron chi connectivity index (χ4n) is 3.04. The zero-order valence-corrected chi connectivity index (χ0v) is 16.3. The highest BCUT2D eigenvalue weighted by molar-refractivity contribution is 7.18. The first-order chi connectivity index (χ1) is 13.1. The maximum Gasteiger partial charge on any atom is 0.255 e. The Morgan fingerprint density at radius 3 is 2.93 bits per heavy atom. The molecule has 0 N–H and O–H groups in total. The third kappa shape index (κ3) is 3.87. The van der Waals surface area contributed by atoms with Gasteiger partial charge in [0.05, 0.1) is 30.7 Å². The second-order valence-electron chi connectivity index (χ2n) is 6.25. The zero-order valence-electron chi connectivity index (χ0n) is 14.8. The summed E-state index contributed by atoms with van der Waals surface area (Å²) in [5.74, 6) is 0.759. The first kappa shape index (κ1) is 18.1. The fraction of sp³-hybridized carbons (Fsp3) is 0.333. The van der Waals surface area contributed by atoms with Crippen LogP contribution in [0.3, 0.4) is 0 Å². The molecule has 0 atom stereocenters. The molecule has 0 aliphatic carbocycles. The average Bonchev–Trinajstić information content (AvgIpc) is 3.10. The standard InChI is InChI=1S/C18H18ClN5O2S/c1-23(17(25)12-3-2-4-20-10-12)11-13-9-14-15(24-5-7-26-8-6-24)21-18(19)22-16(14)27-13/h2-4,9-10H,5-8,11H2,1H3. The van der Waals surface area contributed by atoms with E-state index in [2.05, 4.69) is 19.9 Å². The maximum absolute atomic E-state index is 12.6. The smallest absolute Gasteiger partial charge is 0.255 e. The van der Waals surface area contributed by atoms with Crippen molar-refractivity contribution in [1.82, 2.24) is 19.9 Å². The van der Waals surface area contributed by atoms with Crippen LogP contribution in [0, 0.1) is 0 Å². The first-order valence-corrected chi connectivity index (χ1v) is 9.75. The van der Waals surface area contributed by atoms with Crippen LogP contribution in [-0.2, 0) is 11.3 Å². The SMILES string of the molecule is CN(Cc1cc2c(N3CCOCC3)nc(Cl)nc2s1)C(=O)c1cccnc1. The molecule has 0 aromatic carbocycles. The molecule has 0 radical (unpaired) electrons. The molecule has 4 heterocycles. The number of fused-ring (bicyclic) bond motifs is 1. The highest BCUT2D eigenvalue weighted by atomic mass is 35.5. The monoisotopic (exact) mass is 403 g/mol. The lowest BCUT2D eigenvalue weighted by Crippen LogP contribution is -2.36. The molecule has 1 fully saturated rings. The van der Waals surface area contributed by atoms with Crippen LogP contribution in [0.4, 0.5) is 5.82 Å². The molecule has 0 unspecified atom stereocenters. The van der Waals surface area contributed by atoms with Gasteiger partial charge in [-0.3, -0.25) is 9.78 Å². The number of ether oxygens (including phenoxy) is 1. The lowest BCUT2D eigenvalue weighted by atomic mass is 10.2. The molecule has 1 saturated heterocycles. The number of halogens is 1. The van der Waals surface area contributed by atoms with Crippen LogP contribution in [0.25, 0.3) is 10.2 Å². The minimum Gasteiger partial charge on any atom is -0.378 e. The van der Waals surface area contributed by atoms with E-state index < -0.39 is 0 Å². The molecule has 7 nitrogen and oxygen atoms in total. The Morgan fingerprint density at radius 1 is 1.37 bits per heavy atom. The molecule has 1 aliphatic heterocycles. The minimum atomic E-state index is -0.0712. The van der Waals surface area contributed by atoms with Crippen molar-refractivity contribution in [2.45, 2.75) is 6.54 Å². The fourth-order valence-corrected chi connectivity index (χ4v) is 4.33. The van der Waals surface area contributed by atoms with Gasteiger partial charge in [-0.25, -0.2) is 4.98 Å². The molecule has 0 saturated carbocycles. The Morgan fingerprint density at radius 2 is 2.19 bits per heavy atom. The number of aromatic nitrogens is 3. The summed E-state index contributed by atoms with van der Waals surface area (Å²) in [7, 11) is 1.78. The van der Waals surface area contributed by atoms with Crippen molar-refractivity contribution in [2.75, 3.05) is 38.3 Å². The summed E-state index contributed by atoms with van der Waals surface area (Å²) < 4.78 is 5.43. The number of morpholine rings is 1. The van der Waals surface area contributed by atoms with Gasteiger partial charge in [-0.1, -0.05) is 0 Å². The van der Waals surface area contributed by atoms with Crippen LogP contribution in [0.15, 0.2) is 30.6 Å². The van der Waals surface area contributed by atoms with Crippen LogP contribution < -0.4 is 4.90 Å². The van der Waals surface area contributed by atoms with Crippen molar-refractivity contribution < 1.29 is 9.53 Å². The van der Waals surface area contributed by atoms with E-state index in [9.17, 15) is 4.79 Å². The van der Waals surface area contributed by atoms with Crippen LogP contribution in [-0.4, -0.2) is 59.1 Å². The summed E-state index contributed by atoms with van der Waals surface area (Å²) in [5.41, 5.74) is 0.568. The number of hydrogen-bond donors (Lipinski definition) is 0. The highest BCUT2D eigenvalue weighted by Gasteiger charge is 2.20. The molecule has 3 aromatic heterocycles. The van der Waals surface area contributed by atoms with Crippen molar-refractivity contribution in [2.24, 2.45) is 0 Å². The van der Waals surface area contributed by atoms with Gasteiger partial charge < -0.3 is 14.5 Å². The predicted molar refractivity (Wildman–Crippen MR) is 105 cm³/mol. The van der Waals surface area contributed by atoms with Crippen molar-refractivity contribution in [1.29, 1.82) is 0 Å². The molecular weight excluding hydrogens is 386 g/mol. The van der Waals surface area contributed by atoms with E-state index in [0.29, 0.717) is 25.3 Å². The van der Waals surface area contributed by atoms with Crippen molar-refractivity contribution in [3.63, 3.8) is 0 Å². The van der Waals surface area contributed by atoms with E-state index in [1.54, 1.807) is 36.5 Å². The Balaban J connectivity index is 1.60. The van der Waals surface area contributed by atoms with Crippen molar-refractivity contribution in [3.8, 4) is 0 Å². The maximum atomic E-state index is 12.6. The lowest BCUT2D eigenvalue weighted by molar-refractivity contribution is 0.0786. The van der Waals surface area contributed by atoms with Crippen LogP contribution in [0.1, 0.15) is 15.2 Å². The van der Waals surface area contributed by atoms with E-state index in [1.165, 1.54) is 11.3 Å². The molecule has 1 amide bonds. The van der Waals surface area contributed by atoms with Gasteiger partial charge in [-0.2, -0.15) is 4.98 Å². The number of anilines is 1. The molecular formula is C18H18ClN5O2S. The second-order valence-corrected chi connectivity index (χ2v) is 7.70. The number of pyridine rings is 1. The first-order valence-electron chi connectivity index (χ1n) is 8.56. The van der Waals surface area contributed by atoms with E-state index in [0.717, 1.165) is 34.0 Å². The Kier molecular flexibility index (Phi) is 5.20. The van der Waals surface area contributed by atoms with Gasteiger partial charge in [-0.05, 0) is 29.8 Å². The van der Waals surface area contributed by atoms with E-state index in [1.807, 2.05) is 6.07 Å². The molecule has 3 aromatic rings. The van der Waals surface area contributed by atoms with Gasteiger partial charge in [0.15, 0.2) is 0 Å². The Labute approximate surface area is 165 Å². The summed E-state index contributed by atoms with van der Waals surface area (Å²) in [6, 6.07) is 5.57. The third-order valence-electron chi connectivity index (χ3n) is 4.36. The van der Waals surface area contributed by atoms with Crippen molar-refractivity contribution >= 4 is 44.9 Å². The van der Waals surface area contributed by atoms with E-state index in [4.69, 9.17) is 16.3 Å². The predicted octanol–water partition coefficient (Wildman–Crippen LogP) is 2.85. The summed E-state index contributed by atoms with van der Waals surface area (Å²) >= 11 is 7.67. The van der Waals surface area contributed by atoms with Gasteiger partial charge in [-0.15, -0.1) is 11.3 Å². The molecule has 0 spiro atoms. The zero-order chi connectivity index (χ0) is 18.8. The Bertz CT molecular complexity index is 959. The molecule has 0 bridgehead atoms. The van der Waals surface area contributed by atoms with Crippen molar-refractivity contribution in [3.05, 3.63) is 46.3 Å². The average molecular weight is 404 g/mol. The van der Waals surface area contributed by atoms with Gasteiger partial charge >= 0.3 is 0 Å². The third-order valence-corrected chi connectivity index (χ3v) is 5.54. The number of carbonyl (C=O) groups is 1. The number of amides is 1. The normalized spacial score (nSPS) is 14.5. The topological polar surface area (TPSA) is 71.5 Å². The summed E-state index contributed by atoms with van der Waals surface area (Å²) in [6.07, 6.45) is 3.23. The summed E-state index contributed by atoms with van der Waals surface area (Å²) in [6.45, 7) is 3.36. The van der Waals surface area contributed by atoms with Crippen LogP contribution in [0.2, 0.25) is 5.28 Å². The molecule has 9 heteroatoms. The van der Waals surface area contributed by atoms with Gasteiger partial charge in [0.1, 0.15) is 10.6 Å². The van der Waals surface area contributed by atoms with Gasteiger partial charge in [0.2, 0.25) is 5.28 Å². The summed E-state index contributed by atoms with van der Waals surface area (Å²) in [5, 5.41) is 1.20. The van der Waals surface area contributed by atoms with E-state index >= 15 is 0 Å². The lowest BCUT2D eigenvalue weighted by Gasteiger charge is -2.28. The number of hydrogen-bond acceptors (Lipinski definition) is 7. The van der Waals surface area contributed by atoms with Gasteiger partial charge in [0.25, 0.3) is 5.91 Å². The molecule has 4 rings (SSSR count). The number of rotatable bonds is 4. The number of thiophene rings is 1. The van der Waals surface area contributed by atoms with Crippen LogP contribution >= 0.6 is 22.9 Å². The quantitative estimate of drug-likeness (QED) is 0.624. The van der Waals surface area contributed by atoms with E-state index in [-0.39, 0.29) is 11.2 Å². The number of carbonyl (C=O) groups excluding carboxylic acids is 1. The minimum absolute atomic E-state index is 0.0712.